The summed E-state index contributed by atoms with van der Waals surface area (Å²) in [5, 5.41) is 9.99. The minimum absolute atomic E-state index is 0.0249. The van der Waals surface area contributed by atoms with Crippen LogP contribution in [-0.4, -0.2) is 25.7 Å². The minimum atomic E-state index is -0.0629. The first-order valence-corrected chi connectivity index (χ1v) is 8.15. The highest BCUT2D eigenvalue weighted by Crippen LogP contribution is 2.16. The van der Waals surface area contributed by atoms with Gasteiger partial charge in [0.1, 0.15) is 12.7 Å². The van der Waals surface area contributed by atoms with Crippen LogP contribution in [0.4, 0.5) is 0 Å². The number of thiazole rings is 1. The summed E-state index contributed by atoms with van der Waals surface area (Å²) in [5.74, 6) is -0.0249. The van der Waals surface area contributed by atoms with Crippen LogP contribution in [0.25, 0.3) is 5.69 Å². The molecule has 0 spiro atoms. The predicted octanol–water partition coefficient (Wildman–Crippen LogP) is 2.45. The minimum Gasteiger partial charge on any atom is -0.349 e. The number of hydrogen-bond acceptors (Lipinski definition) is 5. The monoisotopic (exact) mass is 327 g/mol. The van der Waals surface area contributed by atoms with Crippen LogP contribution in [-0.2, 0) is 11.2 Å². The zero-order chi connectivity index (χ0) is 16.2. The number of hydrogen-bond donors (Lipinski definition) is 1. The van der Waals surface area contributed by atoms with Gasteiger partial charge in [-0.15, -0.1) is 11.3 Å². The summed E-state index contributed by atoms with van der Waals surface area (Å²) < 4.78 is 1.69. The molecule has 0 aliphatic carbocycles. The molecule has 0 unspecified atom stereocenters. The highest BCUT2D eigenvalue weighted by molar-refractivity contribution is 7.09. The number of rotatable bonds is 5. The van der Waals surface area contributed by atoms with E-state index in [0.717, 1.165) is 22.0 Å². The molecule has 0 fully saturated rings. The van der Waals surface area contributed by atoms with E-state index < -0.39 is 0 Å². The van der Waals surface area contributed by atoms with Crippen molar-refractivity contribution in [3.8, 4) is 5.69 Å². The molecular weight excluding hydrogens is 310 g/mol. The van der Waals surface area contributed by atoms with Gasteiger partial charge in [-0.2, -0.15) is 5.10 Å². The molecule has 118 valence electrons. The molecule has 0 saturated heterocycles. The molecule has 1 aromatic carbocycles. The third-order valence-electron chi connectivity index (χ3n) is 3.46. The smallest absolute Gasteiger partial charge is 0.226 e. The van der Waals surface area contributed by atoms with Gasteiger partial charge in [0, 0.05) is 5.38 Å². The third-order valence-corrected chi connectivity index (χ3v) is 4.28. The molecule has 0 bridgehead atoms. The molecule has 0 saturated carbocycles. The van der Waals surface area contributed by atoms with Crippen LogP contribution in [0.15, 0.2) is 42.3 Å². The maximum Gasteiger partial charge on any atom is 0.226 e. The molecule has 2 aromatic heterocycles. The van der Waals surface area contributed by atoms with E-state index in [9.17, 15) is 4.79 Å². The predicted molar refractivity (Wildman–Crippen MR) is 88.5 cm³/mol. The second-order valence-electron chi connectivity index (χ2n) is 5.26. The Morgan fingerprint density at radius 3 is 2.74 bits per heavy atom. The van der Waals surface area contributed by atoms with Crippen LogP contribution in [0.2, 0.25) is 0 Å². The molecule has 6 nitrogen and oxygen atoms in total. The van der Waals surface area contributed by atoms with E-state index in [0.29, 0.717) is 6.42 Å². The number of carbonyl (C=O) groups excluding carboxylic acids is 1. The first kappa shape index (κ1) is 15.4. The van der Waals surface area contributed by atoms with Gasteiger partial charge in [-0.1, -0.05) is 12.1 Å². The summed E-state index contributed by atoms with van der Waals surface area (Å²) in [6.07, 6.45) is 3.46. The zero-order valence-corrected chi connectivity index (χ0v) is 13.7. The van der Waals surface area contributed by atoms with Crippen LogP contribution >= 0.6 is 11.3 Å². The fraction of sp³-hybridized carbons (Fsp3) is 0.250. The van der Waals surface area contributed by atoms with Gasteiger partial charge in [0.15, 0.2) is 0 Å². The number of aryl methyl sites for hydroxylation is 1. The summed E-state index contributed by atoms with van der Waals surface area (Å²) in [6, 6.07) is 7.81. The van der Waals surface area contributed by atoms with Crippen molar-refractivity contribution in [3.63, 3.8) is 0 Å². The SMILES string of the molecule is Cc1nc(CC(=O)N[C@@H](C)c2ccc(-n3cncn3)cc2)cs1. The van der Waals surface area contributed by atoms with Gasteiger partial charge in [-0.3, -0.25) is 4.79 Å². The Bertz CT molecular complexity index is 779. The quantitative estimate of drug-likeness (QED) is 0.781. The molecule has 1 atom stereocenters. The van der Waals surface area contributed by atoms with Crippen molar-refractivity contribution in [3.05, 3.63) is 58.6 Å². The lowest BCUT2D eigenvalue weighted by Crippen LogP contribution is -2.28. The maximum absolute atomic E-state index is 12.1. The molecule has 0 aliphatic rings. The average Bonchev–Trinajstić information content (AvgIpc) is 3.19. The van der Waals surface area contributed by atoms with E-state index in [4.69, 9.17) is 0 Å². The van der Waals surface area contributed by atoms with Crippen molar-refractivity contribution in [2.45, 2.75) is 26.3 Å². The van der Waals surface area contributed by atoms with Gasteiger partial charge < -0.3 is 5.32 Å². The Morgan fingerprint density at radius 2 is 2.13 bits per heavy atom. The highest BCUT2D eigenvalue weighted by atomic mass is 32.1. The summed E-state index contributed by atoms with van der Waals surface area (Å²) in [4.78, 5) is 20.3. The Balaban J connectivity index is 1.61. The molecular formula is C16H17N5OS. The van der Waals surface area contributed by atoms with Gasteiger partial charge >= 0.3 is 0 Å². The molecule has 3 rings (SSSR count). The molecule has 1 amide bonds. The van der Waals surface area contributed by atoms with Crippen LogP contribution in [0, 0.1) is 6.92 Å². The fourth-order valence-corrected chi connectivity index (χ4v) is 2.90. The van der Waals surface area contributed by atoms with Crippen molar-refractivity contribution >= 4 is 17.2 Å². The second kappa shape index (κ2) is 6.70. The van der Waals surface area contributed by atoms with E-state index in [1.165, 1.54) is 6.33 Å². The standard InChI is InChI=1S/C16H17N5OS/c1-11(19-16(22)7-14-8-23-12(2)20-14)13-3-5-15(6-4-13)21-10-17-9-18-21/h3-6,8-11H,7H2,1-2H3,(H,19,22)/t11-/m0/s1. The lowest BCUT2D eigenvalue weighted by atomic mass is 10.1. The third kappa shape index (κ3) is 3.81. The number of nitrogens with one attached hydrogen (secondary N) is 1. The first-order chi connectivity index (χ1) is 11.1. The summed E-state index contributed by atoms with van der Waals surface area (Å²) >= 11 is 1.56. The lowest BCUT2D eigenvalue weighted by Gasteiger charge is -2.14. The summed E-state index contributed by atoms with van der Waals surface area (Å²) in [5.41, 5.74) is 2.79. The Hall–Kier alpha value is -2.54. The Labute approximate surface area is 138 Å². The normalized spacial score (nSPS) is 12.1. The Kier molecular flexibility index (Phi) is 4.47. The molecule has 2 heterocycles. The fourth-order valence-electron chi connectivity index (χ4n) is 2.29. The largest absolute Gasteiger partial charge is 0.349 e. The number of carbonyl (C=O) groups is 1. The van der Waals surface area contributed by atoms with Crippen LogP contribution in [0.1, 0.15) is 29.2 Å². The van der Waals surface area contributed by atoms with Gasteiger partial charge in [0.2, 0.25) is 5.91 Å². The van der Waals surface area contributed by atoms with Crippen LogP contribution in [0.3, 0.4) is 0 Å². The molecule has 1 N–H and O–H groups in total. The van der Waals surface area contributed by atoms with Crippen LogP contribution in [0.5, 0.6) is 0 Å². The molecule has 3 aromatic rings. The van der Waals surface area contributed by atoms with Gasteiger partial charge in [-0.25, -0.2) is 14.6 Å². The number of nitrogens with zero attached hydrogens (tertiary/aromatic N) is 4. The van der Waals surface area contributed by atoms with E-state index in [1.807, 2.05) is 43.5 Å². The summed E-state index contributed by atoms with van der Waals surface area (Å²) in [6.45, 7) is 3.90. The topological polar surface area (TPSA) is 72.7 Å². The number of aromatic nitrogens is 4. The molecule has 23 heavy (non-hydrogen) atoms. The van der Waals surface area contributed by atoms with Gasteiger partial charge in [0.05, 0.1) is 28.9 Å². The van der Waals surface area contributed by atoms with Crippen molar-refractivity contribution in [2.24, 2.45) is 0 Å². The van der Waals surface area contributed by atoms with Crippen molar-refractivity contribution < 1.29 is 4.79 Å². The van der Waals surface area contributed by atoms with Crippen molar-refractivity contribution in [2.75, 3.05) is 0 Å². The van der Waals surface area contributed by atoms with E-state index >= 15 is 0 Å². The van der Waals surface area contributed by atoms with Crippen LogP contribution < -0.4 is 5.32 Å². The number of benzene rings is 1. The molecule has 0 radical (unpaired) electrons. The van der Waals surface area contributed by atoms with E-state index in [1.54, 1.807) is 22.3 Å². The highest BCUT2D eigenvalue weighted by Gasteiger charge is 2.11. The molecule has 7 heteroatoms. The van der Waals surface area contributed by atoms with Gasteiger partial charge in [-0.05, 0) is 31.5 Å². The maximum atomic E-state index is 12.1. The lowest BCUT2D eigenvalue weighted by molar-refractivity contribution is -0.121. The second-order valence-corrected chi connectivity index (χ2v) is 6.32. The average molecular weight is 327 g/mol. The Morgan fingerprint density at radius 1 is 1.35 bits per heavy atom. The van der Waals surface area contributed by atoms with E-state index in [-0.39, 0.29) is 11.9 Å². The van der Waals surface area contributed by atoms with Crippen molar-refractivity contribution in [1.82, 2.24) is 25.1 Å². The first-order valence-electron chi connectivity index (χ1n) is 7.27. The zero-order valence-electron chi connectivity index (χ0n) is 12.9. The number of amides is 1. The molecule has 0 aliphatic heterocycles. The summed E-state index contributed by atoms with van der Waals surface area (Å²) in [7, 11) is 0. The van der Waals surface area contributed by atoms with Gasteiger partial charge in [0.25, 0.3) is 0 Å². The van der Waals surface area contributed by atoms with E-state index in [2.05, 4.69) is 20.4 Å². The van der Waals surface area contributed by atoms with Crippen molar-refractivity contribution in [1.29, 1.82) is 0 Å².